The zero-order chi connectivity index (χ0) is 10.3. The molecule has 0 aromatic heterocycles. The van der Waals surface area contributed by atoms with Crippen LogP contribution in [-0.4, -0.2) is 5.91 Å². The Morgan fingerprint density at radius 2 is 2.21 bits per heavy atom. The summed E-state index contributed by atoms with van der Waals surface area (Å²) in [5.74, 6) is -0.372. The number of nitrogens with two attached hydrogens (primary N) is 2. The first kappa shape index (κ1) is 9.68. The van der Waals surface area contributed by atoms with E-state index in [1.54, 1.807) is 6.07 Å². The lowest BCUT2D eigenvalue weighted by atomic mass is 10.0. The zero-order valence-electron chi connectivity index (χ0n) is 7.59. The SMILES string of the molecule is NC(=O)c1ccc(Br)c2c1CC[C@@H]2N. The van der Waals surface area contributed by atoms with E-state index in [-0.39, 0.29) is 11.9 Å². The fourth-order valence-corrected chi connectivity index (χ4v) is 2.65. The minimum absolute atomic E-state index is 0.0266. The number of hydrogen-bond acceptors (Lipinski definition) is 2. The van der Waals surface area contributed by atoms with Gasteiger partial charge in [-0.05, 0) is 36.1 Å². The van der Waals surface area contributed by atoms with Crippen LogP contribution in [0, 0.1) is 0 Å². The third kappa shape index (κ3) is 1.35. The first-order valence-corrected chi connectivity index (χ1v) is 5.27. The number of benzene rings is 1. The molecule has 0 unspecified atom stereocenters. The maximum absolute atomic E-state index is 11.1. The van der Waals surface area contributed by atoms with E-state index in [4.69, 9.17) is 11.5 Å². The molecule has 1 amide bonds. The first-order valence-electron chi connectivity index (χ1n) is 4.48. The van der Waals surface area contributed by atoms with E-state index in [1.807, 2.05) is 6.07 Å². The fraction of sp³-hybridized carbons (Fsp3) is 0.300. The van der Waals surface area contributed by atoms with Gasteiger partial charge >= 0.3 is 0 Å². The standard InChI is InChI=1S/C10H11BrN2O/c11-7-3-1-6(10(13)14)5-2-4-8(12)9(5)7/h1,3,8H,2,4,12H2,(H2,13,14)/t8-/m0/s1. The number of primary amides is 1. The Labute approximate surface area is 90.6 Å². The van der Waals surface area contributed by atoms with Crippen molar-refractivity contribution in [2.24, 2.45) is 11.5 Å². The lowest BCUT2D eigenvalue weighted by Crippen LogP contribution is -2.14. The van der Waals surface area contributed by atoms with Gasteiger partial charge in [0.15, 0.2) is 0 Å². The topological polar surface area (TPSA) is 69.1 Å². The summed E-state index contributed by atoms with van der Waals surface area (Å²) in [6, 6.07) is 3.62. The number of rotatable bonds is 1. The largest absolute Gasteiger partial charge is 0.366 e. The maximum Gasteiger partial charge on any atom is 0.248 e. The van der Waals surface area contributed by atoms with E-state index in [1.165, 1.54) is 0 Å². The Balaban J connectivity index is 2.64. The van der Waals surface area contributed by atoms with Gasteiger partial charge in [0.1, 0.15) is 0 Å². The molecule has 0 radical (unpaired) electrons. The number of carbonyl (C=O) groups is 1. The van der Waals surface area contributed by atoms with Gasteiger partial charge in [-0.15, -0.1) is 0 Å². The summed E-state index contributed by atoms with van der Waals surface area (Å²) in [6.07, 6.45) is 1.73. The van der Waals surface area contributed by atoms with Crippen LogP contribution in [0.4, 0.5) is 0 Å². The van der Waals surface area contributed by atoms with E-state index in [0.29, 0.717) is 5.56 Å². The van der Waals surface area contributed by atoms with Crippen LogP contribution < -0.4 is 11.5 Å². The second-order valence-electron chi connectivity index (χ2n) is 3.50. The van der Waals surface area contributed by atoms with E-state index < -0.39 is 0 Å². The molecule has 4 heteroatoms. The molecule has 1 aliphatic rings. The van der Waals surface area contributed by atoms with Gasteiger partial charge in [-0.2, -0.15) is 0 Å². The molecule has 14 heavy (non-hydrogen) atoms. The molecule has 0 saturated carbocycles. The highest BCUT2D eigenvalue weighted by molar-refractivity contribution is 9.10. The smallest absolute Gasteiger partial charge is 0.248 e. The average molecular weight is 255 g/mol. The fourth-order valence-electron chi connectivity index (χ4n) is 1.98. The minimum Gasteiger partial charge on any atom is -0.366 e. The van der Waals surface area contributed by atoms with Crippen molar-refractivity contribution in [3.05, 3.63) is 33.3 Å². The van der Waals surface area contributed by atoms with E-state index in [9.17, 15) is 4.79 Å². The van der Waals surface area contributed by atoms with Gasteiger partial charge in [0.25, 0.3) is 0 Å². The average Bonchev–Trinajstić information content (AvgIpc) is 2.49. The number of halogens is 1. The van der Waals surface area contributed by atoms with Gasteiger partial charge in [0.05, 0.1) is 0 Å². The van der Waals surface area contributed by atoms with Crippen LogP contribution in [0.5, 0.6) is 0 Å². The van der Waals surface area contributed by atoms with Crippen LogP contribution in [0.25, 0.3) is 0 Å². The number of amides is 1. The number of fused-ring (bicyclic) bond motifs is 1. The van der Waals surface area contributed by atoms with Crippen molar-refractivity contribution < 1.29 is 4.79 Å². The van der Waals surface area contributed by atoms with Crippen molar-refractivity contribution in [2.45, 2.75) is 18.9 Å². The maximum atomic E-state index is 11.1. The van der Waals surface area contributed by atoms with Gasteiger partial charge in [0, 0.05) is 16.1 Å². The monoisotopic (exact) mass is 254 g/mol. The summed E-state index contributed by atoms with van der Waals surface area (Å²) in [4.78, 5) is 11.1. The quantitative estimate of drug-likeness (QED) is 0.798. The molecular weight excluding hydrogens is 244 g/mol. The molecule has 0 aliphatic heterocycles. The van der Waals surface area contributed by atoms with Crippen molar-refractivity contribution in [2.75, 3.05) is 0 Å². The zero-order valence-corrected chi connectivity index (χ0v) is 9.17. The van der Waals surface area contributed by atoms with Crippen molar-refractivity contribution in [3.63, 3.8) is 0 Å². The van der Waals surface area contributed by atoms with Crippen LogP contribution in [0.2, 0.25) is 0 Å². The van der Waals surface area contributed by atoms with Crippen LogP contribution >= 0.6 is 15.9 Å². The summed E-state index contributed by atoms with van der Waals surface area (Å²) >= 11 is 3.44. The van der Waals surface area contributed by atoms with E-state index >= 15 is 0 Å². The Morgan fingerprint density at radius 1 is 1.50 bits per heavy atom. The number of carbonyl (C=O) groups excluding carboxylic acids is 1. The molecule has 0 saturated heterocycles. The van der Waals surface area contributed by atoms with Crippen molar-refractivity contribution in [1.29, 1.82) is 0 Å². The van der Waals surface area contributed by atoms with Gasteiger partial charge in [0.2, 0.25) is 5.91 Å². The molecule has 4 N–H and O–H groups in total. The molecular formula is C10H11BrN2O. The molecule has 0 bridgehead atoms. The van der Waals surface area contributed by atoms with E-state index in [0.717, 1.165) is 28.4 Å². The van der Waals surface area contributed by atoms with Gasteiger partial charge in [-0.3, -0.25) is 4.79 Å². The third-order valence-corrected chi connectivity index (χ3v) is 3.34. The van der Waals surface area contributed by atoms with Crippen LogP contribution in [0.3, 0.4) is 0 Å². The molecule has 1 atom stereocenters. The summed E-state index contributed by atoms with van der Waals surface area (Å²) < 4.78 is 0.975. The van der Waals surface area contributed by atoms with Crippen molar-refractivity contribution in [3.8, 4) is 0 Å². The van der Waals surface area contributed by atoms with Crippen molar-refractivity contribution >= 4 is 21.8 Å². The Bertz CT molecular complexity index is 403. The van der Waals surface area contributed by atoms with E-state index in [2.05, 4.69) is 15.9 Å². The summed E-state index contributed by atoms with van der Waals surface area (Å²) in [5, 5.41) is 0. The normalized spacial score (nSPS) is 19.4. The summed E-state index contributed by atoms with van der Waals surface area (Å²) in [6.45, 7) is 0. The predicted molar refractivity (Wildman–Crippen MR) is 57.9 cm³/mol. The van der Waals surface area contributed by atoms with Gasteiger partial charge in [-0.1, -0.05) is 15.9 Å². The highest BCUT2D eigenvalue weighted by atomic mass is 79.9. The third-order valence-electron chi connectivity index (χ3n) is 2.65. The molecule has 0 spiro atoms. The van der Waals surface area contributed by atoms with Crippen LogP contribution in [0.1, 0.15) is 33.9 Å². The van der Waals surface area contributed by atoms with Crippen LogP contribution in [-0.2, 0) is 6.42 Å². The molecule has 74 valence electrons. The molecule has 0 heterocycles. The summed E-state index contributed by atoms with van der Waals surface area (Å²) in [7, 11) is 0. The molecule has 1 aromatic rings. The highest BCUT2D eigenvalue weighted by Crippen LogP contribution is 2.36. The lowest BCUT2D eigenvalue weighted by Gasteiger charge is -2.09. The van der Waals surface area contributed by atoms with Crippen LogP contribution in [0.15, 0.2) is 16.6 Å². The van der Waals surface area contributed by atoms with Gasteiger partial charge in [-0.25, -0.2) is 0 Å². The Morgan fingerprint density at radius 3 is 2.86 bits per heavy atom. The van der Waals surface area contributed by atoms with Crippen molar-refractivity contribution in [1.82, 2.24) is 0 Å². The molecule has 2 rings (SSSR count). The predicted octanol–water partition coefficient (Wildman–Crippen LogP) is 1.49. The lowest BCUT2D eigenvalue weighted by molar-refractivity contribution is 0.0999. The highest BCUT2D eigenvalue weighted by Gasteiger charge is 2.25. The molecule has 1 aliphatic carbocycles. The Hall–Kier alpha value is -0.870. The first-order chi connectivity index (χ1) is 6.61. The molecule has 0 fully saturated rings. The Kier molecular flexibility index (Phi) is 2.33. The molecule has 1 aromatic carbocycles. The molecule has 3 nitrogen and oxygen atoms in total. The number of hydrogen-bond donors (Lipinski definition) is 2. The summed E-state index contributed by atoms with van der Waals surface area (Å²) in [5.41, 5.74) is 13.9. The minimum atomic E-state index is -0.372. The van der Waals surface area contributed by atoms with Gasteiger partial charge < -0.3 is 11.5 Å². The second kappa shape index (κ2) is 3.37. The second-order valence-corrected chi connectivity index (χ2v) is 4.35.